The molecule has 28 heavy (non-hydrogen) atoms. The fraction of sp³-hybridized carbons (Fsp3) is 0.261. The minimum absolute atomic E-state index is 0.422. The lowest BCUT2D eigenvalue weighted by Gasteiger charge is -2.16. The first-order chi connectivity index (χ1) is 13.3. The predicted octanol–water partition coefficient (Wildman–Crippen LogP) is 4.24. The lowest BCUT2D eigenvalue weighted by molar-refractivity contribution is 0.0999. The molecule has 2 aromatic carbocycles. The number of methoxy groups -OCH3 is 2. The number of aryl methyl sites for hydroxylation is 2. The number of hydrogen-bond acceptors (Lipinski definition) is 3. The number of hydrogen-bond donors (Lipinski definition) is 1. The molecule has 0 saturated heterocycles. The molecule has 1 amide bonds. The van der Waals surface area contributed by atoms with Gasteiger partial charge in [0, 0.05) is 23.5 Å². The highest BCUT2D eigenvalue weighted by atomic mass is 16.5. The minimum Gasteiger partial charge on any atom is -0.493 e. The van der Waals surface area contributed by atoms with Crippen LogP contribution in [0.15, 0.2) is 42.5 Å². The van der Waals surface area contributed by atoms with E-state index in [4.69, 9.17) is 15.2 Å². The Kier molecular flexibility index (Phi) is 5.45. The van der Waals surface area contributed by atoms with Crippen molar-refractivity contribution < 1.29 is 14.3 Å². The molecule has 0 atom stereocenters. The Balaban J connectivity index is 2.13. The van der Waals surface area contributed by atoms with E-state index in [-0.39, 0.29) is 0 Å². The number of aromatic nitrogens is 1. The Morgan fingerprint density at radius 1 is 0.964 bits per heavy atom. The Labute approximate surface area is 165 Å². The van der Waals surface area contributed by atoms with Gasteiger partial charge in [0.15, 0.2) is 11.5 Å². The second kappa shape index (κ2) is 7.80. The second-order valence-corrected chi connectivity index (χ2v) is 6.99. The molecule has 0 radical (unpaired) electrons. The van der Waals surface area contributed by atoms with E-state index in [0.29, 0.717) is 23.6 Å². The minimum atomic E-state index is -0.422. The third-order valence-corrected chi connectivity index (χ3v) is 5.08. The van der Waals surface area contributed by atoms with Crippen LogP contribution in [0.4, 0.5) is 0 Å². The zero-order valence-electron chi connectivity index (χ0n) is 17.0. The molecule has 3 aromatic rings. The first-order valence-corrected chi connectivity index (χ1v) is 9.14. The van der Waals surface area contributed by atoms with E-state index < -0.39 is 5.91 Å². The fourth-order valence-corrected chi connectivity index (χ4v) is 3.58. The summed E-state index contributed by atoms with van der Waals surface area (Å²) in [5.74, 6) is 0.936. The van der Waals surface area contributed by atoms with E-state index in [1.807, 2.05) is 31.2 Å². The summed E-state index contributed by atoms with van der Waals surface area (Å²) in [6, 6.07) is 14.0. The molecule has 0 unspecified atom stereocenters. The quantitative estimate of drug-likeness (QED) is 0.697. The molecule has 0 fully saturated rings. The van der Waals surface area contributed by atoms with E-state index in [1.54, 1.807) is 14.2 Å². The van der Waals surface area contributed by atoms with Crippen molar-refractivity contribution in [3.8, 4) is 22.8 Å². The van der Waals surface area contributed by atoms with Crippen molar-refractivity contribution in [1.82, 2.24) is 4.57 Å². The lowest BCUT2D eigenvalue weighted by Crippen LogP contribution is -2.12. The van der Waals surface area contributed by atoms with Crippen molar-refractivity contribution in [3.63, 3.8) is 0 Å². The number of ether oxygens (including phenoxy) is 2. The number of carbonyl (C=O) groups excluding carboxylic acids is 1. The molecule has 1 aromatic heterocycles. The molecule has 5 heteroatoms. The molecule has 5 nitrogen and oxygen atoms in total. The van der Waals surface area contributed by atoms with E-state index >= 15 is 0 Å². The number of rotatable bonds is 6. The monoisotopic (exact) mass is 378 g/mol. The summed E-state index contributed by atoms with van der Waals surface area (Å²) in [6.07, 6.45) is 0. The first kappa shape index (κ1) is 19.5. The van der Waals surface area contributed by atoms with E-state index in [2.05, 4.69) is 36.6 Å². The van der Waals surface area contributed by atoms with Gasteiger partial charge in [0.25, 0.3) is 5.91 Å². The van der Waals surface area contributed by atoms with Crippen molar-refractivity contribution >= 4 is 5.91 Å². The van der Waals surface area contributed by atoms with Crippen LogP contribution in [-0.4, -0.2) is 24.7 Å². The van der Waals surface area contributed by atoms with Crippen LogP contribution in [0.25, 0.3) is 11.3 Å². The van der Waals surface area contributed by atoms with Crippen molar-refractivity contribution in [2.24, 2.45) is 5.73 Å². The van der Waals surface area contributed by atoms with Gasteiger partial charge in [0.05, 0.1) is 19.8 Å². The Bertz CT molecular complexity index is 1030. The molecular formula is C23H26N2O3. The van der Waals surface area contributed by atoms with Crippen LogP contribution >= 0.6 is 0 Å². The topological polar surface area (TPSA) is 66.5 Å². The number of benzene rings is 2. The molecular weight excluding hydrogens is 352 g/mol. The maximum absolute atomic E-state index is 12.0. The van der Waals surface area contributed by atoms with Crippen molar-refractivity contribution in [2.75, 3.05) is 14.2 Å². The van der Waals surface area contributed by atoms with Crippen LogP contribution in [0, 0.1) is 20.8 Å². The highest BCUT2D eigenvalue weighted by Gasteiger charge is 2.18. The molecule has 146 valence electrons. The highest BCUT2D eigenvalue weighted by Crippen LogP contribution is 2.32. The first-order valence-electron chi connectivity index (χ1n) is 9.14. The van der Waals surface area contributed by atoms with Gasteiger partial charge in [-0.1, -0.05) is 29.8 Å². The van der Waals surface area contributed by atoms with Crippen LogP contribution in [-0.2, 0) is 6.54 Å². The summed E-state index contributed by atoms with van der Waals surface area (Å²) in [6.45, 7) is 6.66. The van der Waals surface area contributed by atoms with Gasteiger partial charge < -0.3 is 19.8 Å². The maximum atomic E-state index is 12.0. The van der Waals surface area contributed by atoms with Gasteiger partial charge in [-0.3, -0.25) is 4.79 Å². The zero-order chi connectivity index (χ0) is 20.4. The molecule has 0 aliphatic carbocycles. The second-order valence-electron chi connectivity index (χ2n) is 6.99. The summed E-state index contributed by atoms with van der Waals surface area (Å²) < 4.78 is 12.9. The third-order valence-electron chi connectivity index (χ3n) is 5.08. The summed E-state index contributed by atoms with van der Waals surface area (Å²) >= 11 is 0. The average Bonchev–Trinajstić information content (AvgIpc) is 2.98. The number of primary amides is 1. The Morgan fingerprint density at radius 2 is 1.68 bits per heavy atom. The van der Waals surface area contributed by atoms with Gasteiger partial charge in [-0.15, -0.1) is 0 Å². The number of nitrogens with two attached hydrogens (primary N) is 1. The van der Waals surface area contributed by atoms with E-state index in [1.165, 1.54) is 5.56 Å². The molecule has 0 spiro atoms. The SMILES string of the molecule is COc1ccc(Cn2c(-c3ccc(C)cc3C)cc(C(N)=O)c2C)cc1OC. The van der Waals surface area contributed by atoms with Crippen LogP contribution in [0.3, 0.4) is 0 Å². The molecule has 3 rings (SSSR count). The molecule has 0 aliphatic heterocycles. The zero-order valence-corrected chi connectivity index (χ0v) is 17.0. The third kappa shape index (κ3) is 3.60. The average molecular weight is 378 g/mol. The van der Waals surface area contributed by atoms with E-state index in [9.17, 15) is 4.79 Å². The molecule has 0 saturated carbocycles. The van der Waals surface area contributed by atoms with Crippen LogP contribution < -0.4 is 15.2 Å². The Hall–Kier alpha value is -3.21. The largest absolute Gasteiger partial charge is 0.493 e. The summed E-state index contributed by atoms with van der Waals surface area (Å²) in [5, 5.41) is 0. The molecule has 0 bridgehead atoms. The predicted molar refractivity (Wildman–Crippen MR) is 111 cm³/mol. The van der Waals surface area contributed by atoms with Gasteiger partial charge in [-0.2, -0.15) is 0 Å². The van der Waals surface area contributed by atoms with Gasteiger partial charge in [0.1, 0.15) is 0 Å². The van der Waals surface area contributed by atoms with Crippen LogP contribution in [0.2, 0.25) is 0 Å². The molecule has 2 N–H and O–H groups in total. The summed E-state index contributed by atoms with van der Waals surface area (Å²) in [5.41, 5.74) is 12.5. The summed E-state index contributed by atoms with van der Waals surface area (Å²) in [7, 11) is 3.24. The van der Waals surface area contributed by atoms with Crippen molar-refractivity contribution in [3.05, 3.63) is 70.4 Å². The van der Waals surface area contributed by atoms with Crippen molar-refractivity contribution in [1.29, 1.82) is 0 Å². The lowest BCUT2D eigenvalue weighted by atomic mass is 10.0. The maximum Gasteiger partial charge on any atom is 0.250 e. The van der Waals surface area contributed by atoms with Crippen LogP contribution in [0.1, 0.15) is 32.7 Å². The number of carbonyl (C=O) groups is 1. The normalized spacial score (nSPS) is 10.8. The standard InChI is InChI=1S/C23H26N2O3/c1-14-6-8-18(15(2)10-14)20-12-19(23(24)26)16(3)25(20)13-17-7-9-21(27-4)22(11-17)28-5/h6-12H,13H2,1-5H3,(H2,24,26). The van der Waals surface area contributed by atoms with Gasteiger partial charge in [-0.25, -0.2) is 0 Å². The van der Waals surface area contributed by atoms with Crippen LogP contribution in [0.5, 0.6) is 11.5 Å². The number of amides is 1. The fourth-order valence-electron chi connectivity index (χ4n) is 3.58. The van der Waals surface area contributed by atoms with Gasteiger partial charge in [0.2, 0.25) is 0 Å². The molecule has 1 heterocycles. The Morgan fingerprint density at radius 3 is 2.29 bits per heavy atom. The van der Waals surface area contributed by atoms with Crippen molar-refractivity contribution in [2.45, 2.75) is 27.3 Å². The smallest absolute Gasteiger partial charge is 0.250 e. The highest BCUT2D eigenvalue weighted by molar-refractivity contribution is 5.95. The van der Waals surface area contributed by atoms with Gasteiger partial charge in [-0.05, 0) is 50.1 Å². The van der Waals surface area contributed by atoms with E-state index in [0.717, 1.165) is 28.1 Å². The molecule has 0 aliphatic rings. The summed E-state index contributed by atoms with van der Waals surface area (Å²) in [4.78, 5) is 12.0. The number of nitrogens with zero attached hydrogens (tertiary/aromatic N) is 1. The van der Waals surface area contributed by atoms with Gasteiger partial charge >= 0.3 is 0 Å².